The molecule has 4 nitrogen and oxygen atoms in total. The average Bonchev–Trinajstić information content (AvgIpc) is 2.88. The summed E-state index contributed by atoms with van der Waals surface area (Å²) in [5.74, 6) is -0.266. The molecule has 1 unspecified atom stereocenters. The minimum Gasteiger partial charge on any atom is -0.329 e. The fraction of sp³-hybridized carbons (Fsp3) is 0.429. The van der Waals surface area contributed by atoms with E-state index in [2.05, 4.69) is 0 Å². The first kappa shape index (κ1) is 12.1. The maximum absolute atomic E-state index is 12.8. The molecule has 5 heteroatoms. The third-order valence-corrected chi connectivity index (χ3v) is 3.78. The lowest BCUT2D eigenvalue weighted by Crippen LogP contribution is -2.56. The van der Waals surface area contributed by atoms with Crippen molar-refractivity contribution in [3.63, 3.8) is 0 Å². The van der Waals surface area contributed by atoms with Gasteiger partial charge in [0.05, 0.1) is 0 Å². The van der Waals surface area contributed by atoms with E-state index < -0.39 is 0 Å². The summed E-state index contributed by atoms with van der Waals surface area (Å²) in [4.78, 5) is 27.5. The van der Waals surface area contributed by atoms with Crippen molar-refractivity contribution in [2.75, 3.05) is 13.1 Å². The number of piperazine rings is 1. The molecular weight excluding hydrogens is 247 g/mol. The Balaban J connectivity index is 1.76. The number of hydrogen-bond donors (Lipinski definition) is 0. The van der Waals surface area contributed by atoms with E-state index in [1.165, 1.54) is 12.1 Å². The molecule has 1 aromatic carbocycles. The first-order valence-electron chi connectivity index (χ1n) is 6.48. The van der Waals surface area contributed by atoms with Crippen LogP contribution in [0, 0.1) is 5.82 Å². The summed E-state index contributed by atoms with van der Waals surface area (Å²) >= 11 is 0. The molecule has 2 aliphatic heterocycles. The standard InChI is InChI=1S/C14H15FN2O2/c15-11-5-3-10(4-6-11)8-16-9-13(18)17-7-1-2-12(17)14(16)19/h3-6,12H,1-2,7-9H2. The zero-order valence-electron chi connectivity index (χ0n) is 10.5. The summed E-state index contributed by atoms with van der Waals surface area (Å²) in [6, 6.07) is 5.75. The number of halogens is 1. The van der Waals surface area contributed by atoms with E-state index in [9.17, 15) is 14.0 Å². The summed E-state index contributed by atoms with van der Waals surface area (Å²) < 4.78 is 12.8. The predicted octanol–water partition coefficient (Wildman–Crippen LogP) is 1.16. The van der Waals surface area contributed by atoms with Gasteiger partial charge in [-0.15, -0.1) is 0 Å². The lowest BCUT2D eigenvalue weighted by Gasteiger charge is -2.36. The maximum atomic E-state index is 12.8. The van der Waals surface area contributed by atoms with Gasteiger partial charge in [0.2, 0.25) is 11.8 Å². The van der Waals surface area contributed by atoms with Crippen LogP contribution in [0.4, 0.5) is 4.39 Å². The Bertz CT molecular complexity index is 515. The van der Waals surface area contributed by atoms with E-state index >= 15 is 0 Å². The number of amides is 2. The van der Waals surface area contributed by atoms with Crippen LogP contribution in [0.3, 0.4) is 0 Å². The van der Waals surface area contributed by atoms with Gasteiger partial charge in [0.1, 0.15) is 18.4 Å². The van der Waals surface area contributed by atoms with Crippen LogP contribution in [0.1, 0.15) is 18.4 Å². The van der Waals surface area contributed by atoms with Crippen molar-refractivity contribution in [1.82, 2.24) is 9.80 Å². The van der Waals surface area contributed by atoms with Gasteiger partial charge in [-0.2, -0.15) is 0 Å². The number of fused-ring (bicyclic) bond motifs is 1. The normalized spacial score (nSPS) is 22.9. The molecular formula is C14H15FN2O2. The van der Waals surface area contributed by atoms with Crippen LogP contribution in [-0.4, -0.2) is 40.7 Å². The summed E-state index contributed by atoms with van der Waals surface area (Å²) in [7, 11) is 0. The van der Waals surface area contributed by atoms with E-state index in [4.69, 9.17) is 0 Å². The molecule has 0 N–H and O–H groups in total. The first-order chi connectivity index (χ1) is 9.15. The first-order valence-corrected chi connectivity index (χ1v) is 6.48. The maximum Gasteiger partial charge on any atom is 0.246 e. The van der Waals surface area contributed by atoms with Gasteiger partial charge < -0.3 is 9.80 Å². The van der Waals surface area contributed by atoms with Crippen LogP contribution in [0.15, 0.2) is 24.3 Å². The number of rotatable bonds is 2. The number of carbonyl (C=O) groups excluding carboxylic acids is 2. The van der Waals surface area contributed by atoms with Gasteiger partial charge in [0, 0.05) is 13.1 Å². The molecule has 19 heavy (non-hydrogen) atoms. The Kier molecular flexibility index (Phi) is 2.97. The Morgan fingerprint density at radius 3 is 2.68 bits per heavy atom. The average molecular weight is 262 g/mol. The van der Waals surface area contributed by atoms with Gasteiger partial charge in [0.15, 0.2) is 0 Å². The fourth-order valence-electron chi connectivity index (χ4n) is 2.81. The van der Waals surface area contributed by atoms with E-state index in [0.717, 1.165) is 18.4 Å². The lowest BCUT2D eigenvalue weighted by atomic mass is 10.1. The van der Waals surface area contributed by atoms with Crippen LogP contribution in [0.5, 0.6) is 0 Å². The van der Waals surface area contributed by atoms with Crippen LogP contribution >= 0.6 is 0 Å². The minimum absolute atomic E-state index is 0.0152. The van der Waals surface area contributed by atoms with Crippen molar-refractivity contribution in [2.45, 2.75) is 25.4 Å². The molecule has 0 aromatic heterocycles. The van der Waals surface area contributed by atoms with Crippen molar-refractivity contribution >= 4 is 11.8 Å². The van der Waals surface area contributed by atoms with Crippen molar-refractivity contribution in [1.29, 1.82) is 0 Å². The summed E-state index contributed by atoms with van der Waals surface area (Å²) in [5, 5.41) is 0. The van der Waals surface area contributed by atoms with Gasteiger partial charge in [-0.05, 0) is 30.5 Å². The number of hydrogen-bond acceptors (Lipinski definition) is 2. The van der Waals surface area contributed by atoms with E-state index in [1.807, 2.05) is 0 Å². The van der Waals surface area contributed by atoms with E-state index in [0.29, 0.717) is 13.1 Å². The number of nitrogens with zero attached hydrogens (tertiary/aromatic N) is 2. The Morgan fingerprint density at radius 2 is 1.95 bits per heavy atom. The largest absolute Gasteiger partial charge is 0.329 e. The summed E-state index contributed by atoms with van der Waals surface area (Å²) in [6.07, 6.45) is 1.65. The zero-order chi connectivity index (χ0) is 13.4. The molecule has 100 valence electrons. The van der Waals surface area contributed by atoms with Crippen LogP contribution in [0.25, 0.3) is 0 Å². The second-order valence-electron chi connectivity index (χ2n) is 5.07. The summed E-state index contributed by atoms with van der Waals surface area (Å²) in [6.45, 7) is 1.20. The Hall–Kier alpha value is -1.91. The zero-order valence-corrected chi connectivity index (χ0v) is 10.5. The summed E-state index contributed by atoms with van der Waals surface area (Å²) in [5.41, 5.74) is 0.842. The highest BCUT2D eigenvalue weighted by Crippen LogP contribution is 2.24. The molecule has 1 aromatic rings. The molecule has 0 spiro atoms. The fourth-order valence-corrected chi connectivity index (χ4v) is 2.81. The lowest BCUT2D eigenvalue weighted by molar-refractivity contribution is -0.154. The molecule has 0 saturated carbocycles. The SMILES string of the molecule is O=C1C2CCCN2C(=O)CN1Cc1ccc(F)cc1. The highest BCUT2D eigenvalue weighted by atomic mass is 19.1. The Labute approximate surface area is 110 Å². The van der Waals surface area contributed by atoms with E-state index in [1.54, 1.807) is 21.9 Å². The second kappa shape index (κ2) is 4.64. The van der Waals surface area contributed by atoms with Crippen LogP contribution < -0.4 is 0 Å². The van der Waals surface area contributed by atoms with E-state index in [-0.39, 0.29) is 30.2 Å². The highest BCUT2D eigenvalue weighted by Gasteiger charge is 2.41. The topological polar surface area (TPSA) is 40.6 Å². The molecule has 3 rings (SSSR count). The van der Waals surface area contributed by atoms with Crippen molar-refractivity contribution in [2.24, 2.45) is 0 Å². The number of benzene rings is 1. The molecule has 2 fully saturated rings. The van der Waals surface area contributed by atoms with Crippen molar-refractivity contribution in [3.05, 3.63) is 35.6 Å². The third-order valence-electron chi connectivity index (χ3n) is 3.78. The molecule has 1 atom stereocenters. The monoisotopic (exact) mass is 262 g/mol. The quantitative estimate of drug-likeness (QED) is 0.802. The molecule has 0 radical (unpaired) electrons. The molecule has 0 bridgehead atoms. The smallest absolute Gasteiger partial charge is 0.246 e. The highest BCUT2D eigenvalue weighted by molar-refractivity contribution is 5.95. The molecule has 2 saturated heterocycles. The molecule has 2 amide bonds. The van der Waals surface area contributed by atoms with Gasteiger partial charge in [-0.25, -0.2) is 4.39 Å². The minimum atomic E-state index is -0.299. The molecule has 2 heterocycles. The van der Waals surface area contributed by atoms with Gasteiger partial charge >= 0.3 is 0 Å². The number of carbonyl (C=O) groups is 2. The van der Waals surface area contributed by atoms with Gasteiger partial charge in [-0.1, -0.05) is 12.1 Å². The third kappa shape index (κ3) is 2.20. The molecule has 2 aliphatic rings. The van der Waals surface area contributed by atoms with Crippen LogP contribution in [-0.2, 0) is 16.1 Å². The van der Waals surface area contributed by atoms with Gasteiger partial charge in [-0.3, -0.25) is 9.59 Å². The molecule has 0 aliphatic carbocycles. The van der Waals surface area contributed by atoms with Crippen molar-refractivity contribution < 1.29 is 14.0 Å². The van der Waals surface area contributed by atoms with Gasteiger partial charge in [0.25, 0.3) is 0 Å². The van der Waals surface area contributed by atoms with Crippen LogP contribution in [0.2, 0.25) is 0 Å². The Morgan fingerprint density at radius 1 is 1.21 bits per heavy atom. The van der Waals surface area contributed by atoms with Crippen molar-refractivity contribution in [3.8, 4) is 0 Å². The second-order valence-corrected chi connectivity index (χ2v) is 5.07. The predicted molar refractivity (Wildman–Crippen MR) is 66.6 cm³/mol.